The number of nitrogens with one attached hydrogen (secondary N) is 3. The highest BCUT2D eigenvalue weighted by Gasteiger charge is 2.32. The zero-order valence-electron chi connectivity index (χ0n) is 10.6. The maximum atomic E-state index is 11.5. The Balaban J connectivity index is 2.31. The molecule has 7 heteroatoms. The van der Waals surface area contributed by atoms with Crippen LogP contribution in [0.25, 0.3) is 0 Å². The molecule has 1 atom stereocenters. The summed E-state index contributed by atoms with van der Waals surface area (Å²) in [6, 6.07) is -0.421. The molecule has 1 unspecified atom stereocenters. The third-order valence-corrected chi connectivity index (χ3v) is 2.92. The molecule has 0 radical (unpaired) electrons. The van der Waals surface area contributed by atoms with E-state index >= 15 is 0 Å². The van der Waals surface area contributed by atoms with Gasteiger partial charge in [0.25, 0.3) is 0 Å². The zero-order chi connectivity index (χ0) is 13.8. The van der Waals surface area contributed by atoms with E-state index in [9.17, 15) is 14.4 Å². The van der Waals surface area contributed by atoms with Gasteiger partial charge in [-0.3, -0.25) is 4.79 Å². The predicted molar refractivity (Wildman–Crippen MR) is 64.0 cm³/mol. The van der Waals surface area contributed by atoms with Crippen LogP contribution in [0.4, 0.5) is 4.79 Å². The van der Waals surface area contributed by atoms with Crippen molar-refractivity contribution < 1.29 is 19.5 Å². The second-order valence-electron chi connectivity index (χ2n) is 4.64. The van der Waals surface area contributed by atoms with Gasteiger partial charge in [0, 0.05) is 6.04 Å². The molecule has 0 aromatic carbocycles. The first kappa shape index (κ1) is 14.3. The minimum absolute atomic E-state index is 0.151. The van der Waals surface area contributed by atoms with Crippen LogP contribution in [0.2, 0.25) is 0 Å². The van der Waals surface area contributed by atoms with Gasteiger partial charge in [-0.2, -0.15) is 0 Å². The molecule has 1 aliphatic rings. The van der Waals surface area contributed by atoms with Crippen LogP contribution in [0.3, 0.4) is 0 Å². The number of hydrogen-bond donors (Lipinski definition) is 4. The highest BCUT2D eigenvalue weighted by Crippen LogP contribution is 2.18. The van der Waals surface area contributed by atoms with Crippen LogP contribution in [0.15, 0.2) is 0 Å². The number of carboxylic acids is 1. The van der Waals surface area contributed by atoms with E-state index in [4.69, 9.17) is 5.11 Å². The van der Waals surface area contributed by atoms with Gasteiger partial charge < -0.3 is 21.1 Å². The third-order valence-electron chi connectivity index (χ3n) is 2.92. The summed E-state index contributed by atoms with van der Waals surface area (Å²) in [5.41, 5.74) is -1.32. The molecule has 0 aliphatic heterocycles. The lowest BCUT2D eigenvalue weighted by atomic mass is 10.00. The minimum Gasteiger partial charge on any atom is -0.480 e. The lowest BCUT2D eigenvalue weighted by Gasteiger charge is -2.24. The number of hydrogen-bond acceptors (Lipinski definition) is 3. The number of aliphatic carboxylic acids is 1. The van der Waals surface area contributed by atoms with Crippen LogP contribution in [-0.4, -0.2) is 41.1 Å². The number of carbonyl (C=O) groups is 3. The fourth-order valence-electron chi connectivity index (χ4n) is 1.25. The Morgan fingerprint density at radius 2 is 1.94 bits per heavy atom. The highest BCUT2D eigenvalue weighted by atomic mass is 16.4. The van der Waals surface area contributed by atoms with Gasteiger partial charge in [-0.05, 0) is 26.2 Å². The molecule has 7 nitrogen and oxygen atoms in total. The Morgan fingerprint density at radius 3 is 2.39 bits per heavy atom. The summed E-state index contributed by atoms with van der Waals surface area (Å²) >= 11 is 0. The molecule has 0 aromatic rings. The maximum Gasteiger partial charge on any atom is 0.329 e. The van der Waals surface area contributed by atoms with E-state index < -0.39 is 17.5 Å². The van der Waals surface area contributed by atoms with Gasteiger partial charge in [0.15, 0.2) is 0 Å². The highest BCUT2D eigenvalue weighted by molar-refractivity contribution is 5.88. The summed E-state index contributed by atoms with van der Waals surface area (Å²) in [5, 5.41) is 16.3. The SMILES string of the molecule is CCC(C)(NC(=O)NCC(=O)NC1CC1)C(=O)O. The average molecular weight is 257 g/mol. The second kappa shape index (κ2) is 5.70. The Hall–Kier alpha value is -1.79. The molecule has 0 heterocycles. The maximum absolute atomic E-state index is 11.5. The largest absolute Gasteiger partial charge is 0.480 e. The van der Waals surface area contributed by atoms with Crippen molar-refractivity contribution in [2.75, 3.05) is 6.54 Å². The Bertz CT molecular complexity index is 354. The zero-order valence-corrected chi connectivity index (χ0v) is 10.6. The molecule has 1 rings (SSSR count). The molecule has 0 spiro atoms. The van der Waals surface area contributed by atoms with Gasteiger partial charge in [0.2, 0.25) is 5.91 Å². The van der Waals surface area contributed by atoms with Crippen molar-refractivity contribution in [1.29, 1.82) is 0 Å². The first-order chi connectivity index (χ1) is 8.37. The molecular weight excluding hydrogens is 238 g/mol. The molecule has 0 bridgehead atoms. The smallest absolute Gasteiger partial charge is 0.329 e. The first-order valence-electron chi connectivity index (χ1n) is 5.96. The van der Waals surface area contributed by atoms with Crippen molar-refractivity contribution in [3.8, 4) is 0 Å². The number of amides is 3. The van der Waals surface area contributed by atoms with Gasteiger partial charge in [0.05, 0.1) is 6.54 Å². The van der Waals surface area contributed by atoms with Crippen molar-refractivity contribution in [3.63, 3.8) is 0 Å². The van der Waals surface area contributed by atoms with Crippen molar-refractivity contribution >= 4 is 17.9 Å². The number of carboxylic acid groups (broad SMARTS) is 1. The van der Waals surface area contributed by atoms with Crippen molar-refractivity contribution in [2.45, 2.75) is 44.7 Å². The van der Waals surface area contributed by atoms with Crippen LogP contribution in [0, 0.1) is 0 Å². The van der Waals surface area contributed by atoms with E-state index in [2.05, 4.69) is 16.0 Å². The third kappa shape index (κ3) is 4.23. The van der Waals surface area contributed by atoms with E-state index in [1.54, 1.807) is 6.92 Å². The predicted octanol–water partition coefficient (Wildman–Crippen LogP) is -0.182. The molecule has 4 N–H and O–H groups in total. The Kier molecular flexibility index (Phi) is 4.52. The quantitative estimate of drug-likeness (QED) is 0.529. The standard InChI is InChI=1S/C11H19N3O4/c1-3-11(2,9(16)17)14-10(18)12-6-8(15)13-7-4-5-7/h7H,3-6H2,1-2H3,(H,13,15)(H,16,17)(H2,12,14,18). The van der Waals surface area contributed by atoms with Gasteiger partial charge >= 0.3 is 12.0 Å². The van der Waals surface area contributed by atoms with Crippen molar-refractivity contribution in [1.82, 2.24) is 16.0 Å². The molecule has 1 saturated carbocycles. The van der Waals surface area contributed by atoms with E-state index in [-0.39, 0.29) is 24.9 Å². The van der Waals surface area contributed by atoms with E-state index in [0.717, 1.165) is 12.8 Å². The summed E-state index contributed by atoms with van der Waals surface area (Å²) < 4.78 is 0. The lowest BCUT2D eigenvalue weighted by molar-refractivity contribution is -0.143. The van der Waals surface area contributed by atoms with Crippen LogP contribution in [-0.2, 0) is 9.59 Å². The lowest BCUT2D eigenvalue weighted by Crippen LogP contribution is -2.55. The molecule has 0 aromatic heterocycles. The molecule has 1 fully saturated rings. The van der Waals surface area contributed by atoms with Gasteiger partial charge in [0.1, 0.15) is 5.54 Å². The summed E-state index contributed by atoms with van der Waals surface area (Å²) in [7, 11) is 0. The first-order valence-corrected chi connectivity index (χ1v) is 5.96. The summed E-state index contributed by atoms with van der Waals surface area (Å²) in [6.07, 6.45) is 2.21. The van der Waals surface area contributed by atoms with Crippen molar-refractivity contribution in [3.05, 3.63) is 0 Å². The topological polar surface area (TPSA) is 108 Å². The van der Waals surface area contributed by atoms with Crippen LogP contribution in [0.5, 0.6) is 0 Å². The second-order valence-corrected chi connectivity index (χ2v) is 4.64. The fourth-order valence-corrected chi connectivity index (χ4v) is 1.25. The number of rotatable bonds is 6. The van der Waals surface area contributed by atoms with Crippen molar-refractivity contribution in [2.24, 2.45) is 0 Å². The van der Waals surface area contributed by atoms with Crippen LogP contribution >= 0.6 is 0 Å². The molecular formula is C11H19N3O4. The average Bonchev–Trinajstić information content (AvgIpc) is 3.09. The number of urea groups is 1. The van der Waals surface area contributed by atoms with E-state index in [1.807, 2.05) is 0 Å². The molecule has 3 amide bonds. The fraction of sp³-hybridized carbons (Fsp3) is 0.727. The monoisotopic (exact) mass is 257 g/mol. The van der Waals surface area contributed by atoms with Gasteiger partial charge in [-0.1, -0.05) is 6.92 Å². The molecule has 1 aliphatic carbocycles. The van der Waals surface area contributed by atoms with Crippen LogP contribution in [0.1, 0.15) is 33.1 Å². The molecule has 18 heavy (non-hydrogen) atoms. The Labute approximate surface area is 105 Å². The molecule has 102 valence electrons. The normalized spacial score (nSPS) is 17.4. The summed E-state index contributed by atoms with van der Waals surface area (Å²) in [4.78, 5) is 33.7. The van der Waals surface area contributed by atoms with E-state index in [0.29, 0.717) is 0 Å². The number of carbonyl (C=O) groups excluding carboxylic acids is 2. The van der Waals surface area contributed by atoms with Gasteiger partial charge in [-0.25, -0.2) is 9.59 Å². The summed E-state index contributed by atoms with van der Waals surface area (Å²) in [6.45, 7) is 2.93. The Morgan fingerprint density at radius 1 is 1.33 bits per heavy atom. The van der Waals surface area contributed by atoms with E-state index in [1.165, 1.54) is 6.92 Å². The van der Waals surface area contributed by atoms with Crippen LogP contribution < -0.4 is 16.0 Å². The minimum atomic E-state index is -1.32. The van der Waals surface area contributed by atoms with Gasteiger partial charge in [-0.15, -0.1) is 0 Å². The summed E-state index contributed by atoms with van der Waals surface area (Å²) in [5.74, 6) is -1.37. The molecule has 0 saturated heterocycles.